The molecule has 0 saturated carbocycles. The van der Waals surface area contributed by atoms with Gasteiger partial charge in [-0.25, -0.2) is 0 Å². The molecule has 0 aromatic carbocycles. The zero-order valence-electron chi connectivity index (χ0n) is 8.12. The van der Waals surface area contributed by atoms with Crippen LogP contribution in [-0.2, 0) is 6.42 Å². The molecule has 0 atom stereocenters. The van der Waals surface area contributed by atoms with E-state index in [9.17, 15) is 4.79 Å². The highest BCUT2D eigenvalue weighted by molar-refractivity contribution is 7.08. The van der Waals surface area contributed by atoms with Gasteiger partial charge >= 0.3 is 0 Å². The van der Waals surface area contributed by atoms with E-state index in [1.165, 1.54) is 0 Å². The van der Waals surface area contributed by atoms with E-state index < -0.39 is 0 Å². The minimum absolute atomic E-state index is 0.0845. The lowest BCUT2D eigenvalue weighted by Gasteiger charge is -2.00. The number of nitrogens with one attached hydrogen (secondary N) is 1. The van der Waals surface area contributed by atoms with Crippen molar-refractivity contribution in [2.45, 2.75) is 19.8 Å². The summed E-state index contributed by atoms with van der Waals surface area (Å²) in [5.41, 5.74) is 0.770. The largest absolute Gasteiger partial charge is 0.351 e. The molecule has 1 aromatic heterocycles. The lowest BCUT2D eigenvalue weighted by Crippen LogP contribution is -2.24. The molecule has 0 aliphatic rings. The molecule has 0 radical (unpaired) electrons. The van der Waals surface area contributed by atoms with Gasteiger partial charge in [0.25, 0.3) is 5.91 Å². The highest BCUT2D eigenvalue weighted by Gasteiger charge is 2.13. The Bertz CT molecular complexity index is 322. The van der Waals surface area contributed by atoms with Gasteiger partial charge in [-0.2, -0.15) is 0 Å². The fraction of sp³-hybridized carbons (Fsp3) is 0.444. The molecule has 0 unspecified atom stereocenters. The Balaban J connectivity index is 2.55. The second kappa shape index (κ2) is 5.49. The Morgan fingerprint density at radius 1 is 1.71 bits per heavy atom. The first-order valence-corrected chi connectivity index (χ1v) is 5.27. The number of carbonyl (C=O) groups is 1. The molecule has 14 heavy (non-hydrogen) atoms. The molecule has 0 aliphatic heterocycles. The summed E-state index contributed by atoms with van der Waals surface area (Å²) in [6.07, 6.45) is 3.28. The maximum absolute atomic E-state index is 11.5. The standard InChI is InChI=1S/C9H13N3OS/c1-3-5-6-10-9(13)8-7(4-2)11-12-14-8/h3H,1,4-6H2,2H3,(H,10,13). The molecular weight excluding hydrogens is 198 g/mol. The SMILES string of the molecule is C=CCCNC(=O)c1snnc1CC. The van der Waals surface area contributed by atoms with E-state index in [1.54, 1.807) is 6.08 Å². The van der Waals surface area contributed by atoms with Crippen LogP contribution in [0.3, 0.4) is 0 Å². The van der Waals surface area contributed by atoms with Crippen molar-refractivity contribution in [2.24, 2.45) is 0 Å². The van der Waals surface area contributed by atoms with E-state index in [0.717, 1.165) is 30.1 Å². The smallest absolute Gasteiger partial charge is 0.264 e. The van der Waals surface area contributed by atoms with E-state index >= 15 is 0 Å². The predicted octanol–water partition coefficient (Wildman–Crippen LogP) is 1.41. The Morgan fingerprint density at radius 3 is 3.14 bits per heavy atom. The molecule has 1 rings (SSSR count). The molecule has 4 nitrogen and oxygen atoms in total. The Hall–Kier alpha value is -1.23. The molecule has 1 N–H and O–H groups in total. The summed E-state index contributed by atoms with van der Waals surface area (Å²) in [7, 11) is 0. The molecule has 0 fully saturated rings. The summed E-state index contributed by atoms with van der Waals surface area (Å²) in [4.78, 5) is 12.2. The highest BCUT2D eigenvalue weighted by Crippen LogP contribution is 2.10. The number of rotatable bonds is 5. The number of nitrogens with zero attached hydrogens (tertiary/aromatic N) is 2. The zero-order chi connectivity index (χ0) is 10.4. The van der Waals surface area contributed by atoms with E-state index in [-0.39, 0.29) is 5.91 Å². The normalized spacial score (nSPS) is 9.79. The van der Waals surface area contributed by atoms with E-state index in [0.29, 0.717) is 11.4 Å². The summed E-state index contributed by atoms with van der Waals surface area (Å²) in [6, 6.07) is 0. The van der Waals surface area contributed by atoms with Gasteiger partial charge in [0.05, 0.1) is 5.69 Å². The monoisotopic (exact) mass is 211 g/mol. The van der Waals surface area contributed by atoms with Crippen molar-refractivity contribution in [1.29, 1.82) is 0 Å². The van der Waals surface area contributed by atoms with Gasteiger partial charge in [0, 0.05) is 6.54 Å². The molecule has 1 heterocycles. The molecule has 0 bridgehead atoms. The van der Waals surface area contributed by atoms with Gasteiger partial charge in [-0.3, -0.25) is 4.79 Å². The van der Waals surface area contributed by atoms with Gasteiger partial charge in [0.15, 0.2) is 0 Å². The number of hydrogen-bond donors (Lipinski definition) is 1. The number of amides is 1. The minimum atomic E-state index is -0.0845. The van der Waals surface area contributed by atoms with Crippen LogP contribution in [0.25, 0.3) is 0 Å². The fourth-order valence-corrected chi connectivity index (χ4v) is 1.65. The van der Waals surface area contributed by atoms with Crippen LogP contribution in [0.1, 0.15) is 28.7 Å². The van der Waals surface area contributed by atoms with Crippen LogP contribution in [0.5, 0.6) is 0 Å². The van der Waals surface area contributed by atoms with Crippen LogP contribution in [-0.4, -0.2) is 22.0 Å². The number of hydrogen-bond acceptors (Lipinski definition) is 4. The van der Waals surface area contributed by atoms with Crippen LogP contribution < -0.4 is 5.32 Å². The predicted molar refractivity (Wildman–Crippen MR) is 56.4 cm³/mol. The van der Waals surface area contributed by atoms with Crippen LogP contribution in [0.4, 0.5) is 0 Å². The van der Waals surface area contributed by atoms with Crippen molar-refractivity contribution in [2.75, 3.05) is 6.54 Å². The minimum Gasteiger partial charge on any atom is -0.351 e. The summed E-state index contributed by atoms with van der Waals surface area (Å²) in [5, 5.41) is 6.65. The molecule has 0 spiro atoms. The third-order valence-electron chi connectivity index (χ3n) is 1.73. The average Bonchev–Trinajstić information content (AvgIpc) is 2.65. The molecule has 5 heteroatoms. The van der Waals surface area contributed by atoms with Crippen molar-refractivity contribution in [1.82, 2.24) is 14.9 Å². The first-order valence-electron chi connectivity index (χ1n) is 4.50. The Labute approximate surface area is 87.2 Å². The molecule has 1 aromatic rings. The summed E-state index contributed by atoms with van der Waals surface area (Å²) < 4.78 is 3.75. The van der Waals surface area contributed by atoms with Crippen molar-refractivity contribution in [3.05, 3.63) is 23.2 Å². The maximum atomic E-state index is 11.5. The topological polar surface area (TPSA) is 54.9 Å². The van der Waals surface area contributed by atoms with Crippen molar-refractivity contribution in [3.63, 3.8) is 0 Å². The van der Waals surface area contributed by atoms with Gasteiger partial charge in [0.2, 0.25) is 0 Å². The van der Waals surface area contributed by atoms with Crippen LogP contribution >= 0.6 is 11.5 Å². The first kappa shape index (κ1) is 10.8. The van der Waals surface area contributed by atoms with Gasteiger partial charge in [0.1, 0.15) is 4.88 Å². The molecule has 1 amide bonds. The summed E-state index contributed by atoms with van der Waals surface area (Å²) >= 11 is 1.14. The lowest BCUT2D eigenvalue weighted by molar-refractivity contribution is 0.0957. The van der Waals surface area contributed by atoms with E-state index in [1.807, 2.05) is 6.92 Å². The van der Waals surface area contributed by atoms with Gasteiger partial charge in [-0.1, -0.05) is 17.5 Å². The first-order chi connectivity index (χ1) is 6.79. The van der Waals surface area contributed by atoms with Crippen molar-refractivity contribution < 1.29 is 4.79 Å². The third kappa shape index (κ3) is 2.63. The zero-order valence-corrected chi connectivity index (χ0v) is 8.93. The van der Waals surface area contributed by atoms with Crippen molar-refractivity contribution in [3.8, 4) is 0 Å². The second-order valence-electron chi connectivity index (χ2n) is 2.74. The van der Waals surface area contributed by atoms with Crippen LogP contribution in [0.2, 0.25) is 0 Å². The van der Waals surface area contributed by atoms with E-state index in [4.69, 9.17) is 0 Å². The van der Waals surface area contributed by atoms with Crippen LogP contribution in [0, 0.1) is 0 Å². The average molecular weight is 211 g/mol. The molecule has 0 aliphatic carbocycles. The Kier molecular flexibility index (Phi) is 4.25. The summed E-state index contributed by atoms with van der Waals surface area (Å²) in [6.45, 7) is 6.15. The van der Waals surface area contributed by atoms with Gasteiger partial charge < -0.3 is 5.32 Å². The maximum Gasteiger partial charge on any atom is 0.264 e. The second-order valence-corrected chi connectivity index (χ2v) is 3.49. The third-order valence-corrected chi connectivity index (χ3v) is 2.50. The Morgan fingerprint density at radius 2 is 2.50 bits per heavy atom. The number of carbonyl (C=O) groups excluding carboxylic acids is 1. The van der Waals surface area contributed by atoms with Gasteiger partial charge in [-0.05, 0) is 24.4 Å². The van der Waals surface area contributed by atoms with E-state index in [2.05, 4.69) is 21.5 Å². The van der Waals surface area contributed by atoms with Gasteiger partial charge in [-0.15, -0.1) is 11.7 Å². The summed E-state index contributed by atoms with van der Waals surface area (Å²) in [5.74, 6) is -0.0845. The van der Waals surface area contributed by atoms with Crippen molar-refractivity contribution >= 4 is 17.4 Å². The lowest BCUT2D eigenvalue weighted by atomic mass is 10.3. The van der Waals surface area contributed by atoms with Crippen LogP contribution in [0.15, 0.2) is 12.7 Å². The fourth-order valence-electron chi connectivity index (χ4n) is 0.980. The quantitative estimate of drug-likeness (QED) is 0.591. The number of aryl methyl sites for hydroxylation is 1. The molecular formula is C9H13N3OS. The highest BCUT2D eigenvalue weighted by atomic mass is 32.1. The number of aromatic nitrogens is 2. The molecule has 76 valence electrons. The molecule has 0 saturated heterocycles.